The fourth-order valence-electron chi connectivity index (χ4n) is 3.36. The van der Waals surface area contributed by atoms with Crippen molar-refractivity contribution in [3.63, 3.8) is 0 Å². The van der Waals surface area contributed by atoms with Crippen LogP contribution in [-0.2, 0) is 11.3 Å². The number of likely N-dealkylation sites (tertiary alicyclic amines) is 1. The first kappa shape index (κ1) is 12.2. The minimum Gasteiger partial charge on any atom is -0.472 e. The largest absolute Gasteiger partial charge is 0.472 e. The van der Waals surface area contributed by atoms with Crippen LogP contribution in [0.2, 0.25) is 0 Å². The predicted molar refractivity (Wildman–Crippen MR) is 77.6 cm³/mol. The molecule has 0 saturated carbocycles. The Kier molecular flexibility index (Phi) is 2.89. The lowest BCUT2D eigenvalue weighted by Crippen LogP contribution is -2.32. The Morgan fingerprint density at radius 1 is 1.30 bits per heavy atom. The molecule has 2 saturated heterocycles. The number of anilines is 1. The molecule has 0 aliphatic carbocycles. The van der Waals surface area contributed by atoms with Crippen LogP contribution in [0.15, 0.2) is 39.8 Å². The molecule has 5 heteroatoms. The summed E-state index contributed by atoms with van der Waals surface area (Å²) in [6, 6.07) is 4.03. The average Bonchev–Trinajstić information content (AvgIpc) is 3.17. The van der Waals surface area contributed by atoms with Crippen molar-refractivity contribution in [2.75, 3.05) is 24.5 Å². The van der Waals surface area contributed by atoms with E-state index in [1.54, 1.807) is 23.9 Å². The first-order valence-electron chi connectivity index (χ1n) is 6.88. The fraction of sp³-hybridized carbons (Fsp3) is 0.400. The minimum atomic E-state index is 0.168. The molecule has 0 spiro atoms. The average molecular weight is 288 g/mol. The van der Waals surface area contributed by atoms with E-state index >= 15 is 0 Å². The predicted octanol–water partition coefficient (Wildman–Crippen LogP) is 2.44. The molecule has 0 N–H and O–H groups in total. The Balaban J connectivity index is 1.45. The zero-order valence-electron chi connectivity index (χ0n) is 11.1. The smallest absolute Gasteiger partial charge is 0.231 e. The maximum absolute atomic E-state index is 12.5. The van der Waals surface area contributed by atoms with Crippen molar-refractivity contribution in [3.8, 4) is 0 Å². The van der Waals surface area contributed by atoms with E-state index in [1.807, 2.05) is 22.4 Å². The molecule has 0 radical (unpaired) electrons. The Morgan fingerprint density at radius 3 is 2.95 bits per heavy atom. The maximum Gasteiger partial charge on any atom is 0.231 e. The summed E-state index contributed by atoms with van der Waals surface area (Å²) >= 11 is 1.65. The third kappa shape index (κ3) is 1.98. The molecule has 2 aromatic rings. The number of furan rings is 1. The normalized spacial score (nSPS) is 26.4. The molecule has 1 amide bonds. The van der Waals surface area contributed by atoms with Gasteiger partial charge < -0.3 is 9.32 Å². The topological polar surface area (TPSA) is 36.7 Å². The molecular formula is C15H16N2O2S. The van der Waals surface area contributed by atoms with Gasteiger partial charge in [0, 0.05) is 43.0 Å². The van der Waals surface area contributed by atoms with Crippen molar-refractivity contribution in [1.82, 2.24) is 4.90 Å². The number of rotatable bonds is 3. The van der Waals surface area contributed by atoms with Gasteiger partial charge in [-0.05, 0) is 17.5 Å². The van der Waals surface area contributed by atoms with Crippen LogP contribution < -0.4 is 4.90 Å². The van der Waals surface area contributed by atoms with E-state index in [2.05, 4.69) is 10.3 Å². The third-order valence-electron chi connectivity index (χ3n) is 4.32. The van der Waals surface area contributed by atoms with Crippen LogP contribution >= 0.6 is 11.3 Å². The summed E-state index contributed by atoms with van der Waals surface area (Å²) in [5.74, 6) is 0.930. The Hall–Kier alpha value is -1.59. The van der Waals surface area contributed by atoms with Crippen LogP contribution in [0.5, 0.6) is 0 Å². The maximum atomic E-state index is 12.5. The second kappa shape index (κ2) is 4.75. The Bertz CT molecular complexity index is 593. The molecule has 0 unspecified atom stereocenters. The number of carbonyl (C=O) groups is 1. The second-order valence-corrected chi connectivity index (χ2v) is 6.40. The van der Waals surface area contributed by atoms with E-state index < -0.39 is 0 Å². The van der Waals surface area contributed by atoms with Gasteiger partial charge in [-0.3, -0.25) is 9.69 Å². The van der Waals surface area contributed by atoms with Gasteiger partial charge in [-0.2, -0.15) is 11.3 Å². The van der Waals surface area contributed by atoms with Gasteiger partial charge in [0.1, 0.15) is 0 Å². The lowest BCUT2D eigenvalue weighted by atomic mass is 10.0. The van der Waals surface area contributed by atoms with E-state index in [1.165, 1.54) is 5.56 Å². The molecular weight excluding hydrogens is 272 g/mol. The number of amides is 1. The van der Waals surface area contributed by atoms with Crippen LogP contribution in [0, 0.1) is 11.8 Å². The van der Waals surface area contributed by atoms with E-state index in [-0.39, 0.29) is 5.92 Å². The van der Waals surface area contributed by atoms with Gasteiger partial charge in [0.2, 0.25) is 5.91 Å². The van der Waals surface area contributed by atoms with Gasteiger partial charge in [0.15, 0.2) is 0 Å². The number of hydrogen-bond donors (Lipinski definition) is 0. The quantitative estimate of drug-likeness (QED) is 0.870. The molecule has 0 bridgehead atoms. The van der Waals surface area contributed by atoms with E-state index in [0.29, 0.717) is 11.8 Å². The molecule has 2 aliphatic rings. The lowest BCUT2D eigenvalue weighted by molar-refractivity contribution is -0.120. The Labute approximate surface area is 121 Å². The van der Waals surface area contributed by atoms with Gasteiger partial charge >= 0.3 is 0 Å². The first-order valence-corrected chi connectivity index (χ1v) is 7.82. The minimum absolute atomic E-state index is 0.168. The molecule has 4 nitrogen and oxygen atoms in total. The fourth-order valence-corrected chi connectivity index (χ4v) is 4.01. The molecule has 4 rings (SSSR count). The van der Waals surface area contributed by atoms with Crippen molar-refractivity contribution in [2.45, 2.75) is 6.54 Å². The Morgan fingerprint density at radius 2 is 2.25 bits per heavy atom. The molecule has 104 valence electrons. The lowest BCUT2D eigenvalue weighted by Gasteiger charge is -2.20. The monoisotopic (exact) mass is 288 g/mol. The summed E-state index contributed by atoms with van der Waals surface area (Å²) in [7, 11) is 0. The van der Waals surface area contributed by atoms with E-state index in [0.717, 1.165) is 31.9 Å². The van der Waals surface area contributed by atoms with Crippen molar-refractivity contribution < 1.29 is 9.21 Å². The highest BCUT2D eigenvalue weighted by atomic mass is 32.1. The standard InChI is InChI=1S/C15H16N2O2S/c18-15-14-8-16(5-11-1-3-19-9-11)6-12(14)7-17(15)13-2-4-20-10-13/h1-4,9-10,12,14H,5-8H2/t12-,14-/m0/s1. The highest BCUT2D eigenvalue weighted by molar-refractivity contribution is 7.08. The number of carbonyl (C=O) groups excluding carboxylic acids is 1. The molecule has 2 fully saturated rings. The zero-order valence-corrected chi connectivity index (χ0v) is 11.9. The van der Waals surface area contributed by atoms with Crippen LogP contribution in [0.1, 0.15) is 5.56 Å². The number of nitrogens with zero attached hydrogens (tertiary/aromatic N) is 2. The van der Waals surface area contributed by atoms with E-state index in [4.69, 9.17) is 4.42 Å². The summed E-state index contributed by atoms with van der Waals surface area (Å²) in [5, 5.41) is 4.09. The molecule has 2 aliphatic heterocycles. The summed E-state index contributed by atoms with van der Waals surface area (Å²) in [4.78, 5) is 16.8. The van der Waals surface area contributed by atoms with Crippen LogP contribution in [0.25, 0.3) is 0 Å². The van der Waals surface area contributed by atoms with Crippen molar-refractivity contribution in [2.24, 2.45) is 11.8 Å². The molecule has 2 aromatic heterocycles. The zero-order chi connectivity index (χ0) is 13.5. The highest BCUT2D eigenvalue weighted by Gasteiger charge is 2.46. The van der Waals surface area contributed by atoms with Gasteiger partial charge in [0.05, 0.1) is 24.1 Å². The molecule has 0 aromatic carbocycles. The van der Waals surface area contributed by atoms with Gasteiger partial charge in [-0.25, -0.2) is 0 Å². The summed E-state index contributed by atoms with van der Waals surface area (Å²) in [6.07, 6.45) is 3.49. The SMILES string of the molecule is O=C1[C@H]2CN(Cc3ccoc3)C[C@H]2CN1c1ccsc1. The van der Waals surface area contributed by atoms with Crippen molar-refractivity contribution in [3.05, 3.63) is 41.0 Å². The van der Waals surface area contributed by atoms with Gasteiger partial charge in [0.25, 0.3) is 0 Å². The van der Waals surface area contributed by atoms with Crippen molar-refractivity contribution >= 4 is 22.9 Å². The third-order valence-corrected chi connectivity index (χ3v) is 4.99. The van der Waals surface area contributed by atoms with Crippen molar-refractivity contribution in [1.29, 1.82) is 0 Å². The van der Waals surface area contributed by atoms with Crippen LogP contribution in [-0.4, -0.2) is 30.4 Å². The summed E-state index contributed by atoms with van der Waals surface area (Å²) in [6.45, 7) is 3.62. The molecule has 20 heavy (non-hydrogen) atoms. The van der Waals surface area contributed by atoms with Gasteiger partial charge in [-0.1, -0.05) is 0 Å². The number of hydrogen-bond acceptors (Lipinski definition) is 4. The second-order valence-electron chi connectivity index (χ2n) is 5.62. The van der Waals surface area contributed by atoms with Crippen LogP contribution in [0.4, 0.5) is 5.69 Å². The van der Waals surface area contributed by atoms with E-state index in [9.17, 15) is 4.79 Å². The molecule has 2 atom stereocenters. The molecule has 4 heterocycles. The summed E-state index contributed by atoms with van der Waals surface area (Å²) in [5.41, 5.74) is 2.25. The highest BCUT2D eigenvalue weighted by Crippen LogP contribution is 2.36. The van der Waals surface area contributed by atoms with Crippen LogP contribution in [0.3, 0.4) is 0 Å². The van der Waals surface area contributed by atoms with Gasteiger partial charge in [-0.15, -0.1) is 0 Å². The number of thiophene rings is 1. The number of fused-ring (bicyclic) bond motifs is 1. The first-order chi connectivity index (χ1) is 9.81. The summed E-state index contributed by atoms with van der Waals surface area (Å²) < 4.78 is 5.11.